The normalized spacial score (nSPS) is 12.6. The minimum Gasteiger partial charge on any atom is -0.508 e. The van der Waals surface area contributed by atoms with Gasteiger partial charge in [-0.1, -0.05) is 125 Å². The Bertz CT molecular complexity index is 1100. The van der Waals surface area contributed by atoms with E-state index in [4.69, 9.17) is 5.11 Å². The van der Waals surface area contributed by atoms with Gasteiger partial charge in [0.05, 0.1) is 0 Å². The van der Waals surface area contributed by atoms with Gasteiger partial charge in [0, 0.05) is 0 Å². The summed E-state index contributed by atoms with van der Waals surface area (Å²) in [5.41, 5.74) is 6.90. The van der Waals surface area contributed by atoms with E-state index in [2.05, 4.69) is 107 Å². The maximum Gasteiger partial charge on any atom is 0.123 e. The molecule has 3 aromatic rings. The Morgan fingerprint density at radius 3 is 0.923 bits per heavy atom. The van der Waals surface area contributed by atoms with Crippen molar-refractivity contribution in [1.82, 2.24) is 0 Å². The van der Waals surface area contributed by atoms with Crippen molar-refractivity contribution in [1.29, 1.82) is 0 Å². The number of hydrogen-bond donors (Lipinski definition) is 3. The fourth-order valence-corrected chi connectivity index (χ4v) is 4.66. The molecule has 0 saturated heterocycles. The number of aryl methyl sites for hydroxylation is 1. The lowest BCUT2D eigenvalue weighted by Crippen LogP contribution is -2.19. The summed E-state index contributed by atoms with van der Waals surface area (Å²) in [5, 5.41) is 30.9. The predicted octanol–water partition coefficient (Wildman–Crippen LogP) is 9.58. The minimum absolute atomic E-state index is 0.151. The maximum absolute atomic E-state index is 11.1. The summed E-state index contributed by atoms with van der Waals surface area (Å²) in [6, 6.07) is 15.7. The first-order valence-corrected chi connectivity index (χ1v) is 14.0. The van der Waals surface area contributed by atoms with Crippen molar-refractivity contribution in [2.75, 3.05) is 0 Å². The van der Waals surface area contributed by atoms with E-state index in [1.54, 1.807) is 12.1 Å². The molecule has 0 saturated carbocycles. The molecule has 0 unspecified atom stereocenters. The van der Waals surface area contributed by atoms with Crippen LogP contribution in [0.2, 0.25) is 0 Å². The first-order chi connectivity index (χ1) is 17.5. The van der Waals surface area contributed by atoms with E-state index < -0.39 is 0 Å². The van der Waals surface area contributed by atoms with Crippen molar-refractivity contribution in [2.45, 2.75) is 118 Å². The summed E-state index contributed by atoms with van der Waals surface area (Å²) >= 11 is 0. The summed E-state index contributed by atoms with van der Waals surface area (Å²) in [6.45, 7) is 27.8. The summed E-state index contributed by atoms with van der Waals surface area (Å²) in [4.78, 5) is 0. The Kier molecular flexibility index (Phi) is 9.33. The zero-order valence-corrected chi connectivity index (χ0v) is 26.7. The van der Waals surface area contributed by atoms with Gasteiger partial charge in [0.1, 0.15) is 17.2 Å². The molecule has 0 aliphatic heterocycles. The molecule has 0 aliphatic rings. The van der Waals surface area contributed by atoms with Gasteiger partial charge in [0.2, 0.25) is 0 Å². The summed E-state index contributed by atoms with van der Waals surface area (Å²) in [7, 11) is 0. The van der Waals surface area contributed by atoms with Gasteiger partial charge in [-0.2, -0.15) is 0 Å². The van der Waals surface area contributed by atoms with Crippen LogP contribution in [0.4, 0.5) is 0 Å². The smallest absolute Gasteiger partial charge is 0.123 e. The summed E-state index contributed by atoms with van der Waals surface area (Å²) < 4.78 is 0. The molecule has 3 heteroatoms. The van der Waals surface area contributed by atoms with Crippen LogP contribution in [0.15, 0.2) is 48.5 Å². The number of aromatic hydroxyl groups is 3. The largest absolute Gasteiger partial charge is 0.508 e. The van der Waals surface area contributed by atoms with Crippen LogP contribution in [0.5, 0.6) is 17.2 Å². The highest BCUT2D eigenvalue weighted by Gasteiger charge is 2.28. The standard InChI is InChI=1S/C29H44O2.C7H8O/c1-26(2,3)20-14-18(15-21(24(20)30)27(4,5)6)13-19-16-22(28(7,8)9)25(31)23(17-19)29(10,11)12;1-6-2-4-7(8)5-3-6/h14-17,30-31H,13H2,1-12H3;2-5,8H,1H3. The second-order valence-corrected chi connectivity index (χ2v) is 15.1. The summed E-state index contributed by atoms with van der Waals surface area (Å²) in [5.74, 6) is 1.16. The van der Waals surface area contributed by atoms with Gasteiger partial charge in [0.15, 0.2) is 0 Å². The Morgan fingerprint density at radius 1 is 0.462 bits per heavy atom. The highest BCUT2D eigenvalue weighted by molar-refractivity contribution is 5.53. The Morgan fingerprint density at radius 2 is 0.718 bits per heavy atom. The Balaban J connectivity index is 0.000000568. The molecule has 3 rings (SSSR count). The molecule has 0 bridgehead atoms. The molecule has 0 atom stereocenters. The molecule has 3 aromatic carbocycles. The number of benzene rings is 3. The van der Waals surface area contributed by atoms with Crippen LogP contribution >= 0.6 is 0 Å². The molecule has 3 N–H and O–H groups in total. The maximum atomic E-state index is 11.1. The minimum atomic E-state index is -0.151. The SMILES string of the molecule is CC(C)(C)c1cc(Cc2cc(C(C)(C)C)c(O)c(C(C)(C)C)c2)cc(C(C)(C)C)c1O.Cc1ccc(O)cc1. The lowest BCUT2D eigenvalue weighted by Gasteiger charge is -2.29. The molecule has 0 aromatic heterocycles. The Labute approximate surface area is 238 Å². The average molecular weight is 533 g/mol. The van der Waals surface area contributed by atoms with E-state index in [0.717, 1.165) is 28.7 Å². The molecule has 0 fully saturated rings. The van der Waals surface area contributed by atoms with E-state index in [0.29, 0.717) is 17.2 Å². The second kappa shape index (κ2) is 11.3. The molecule has 214 valence electrons. The quantitative estimate of drug-likeness (QED) is 0.308. The highest BCUT2D eigenvalue weighted by atomic mass is 16.3. The molecule has 0 radical (unpaired) electrons. The third-order valence-corrected chi connectivity index (χ3v) is 7.01. The Hall–Kier alpha value is -2.94. The molecular weight excluding hydrogens is 480 g/mol. The molecule has 39 heavy (non-hydrogen) atoms. The number of rotatable bonds is 2. The third kappa shape index (κ3) is 8.52. The molecule has 0 heterocycles. The van der Waals surface area contributed by atoms with Crippen LogP contribution in [0, 0.1) is 6.92 Å². The zero-order chi connectivity index (χ0) is 30.1. The van der Waals surface area contributed by atoms with Gasteiger partial charge >= 0.3 is 0 Å². The van der Waals surface area contributed by atoms with Gasteiger partial charge in [-0.15, -0.1) is 0 Å². The van der Waals surface area contributed by atoms with E-state index in [1.807, 2.05) is 19.1 Å². The van der Waals surface area contributed by atoms with E-state index in [9.17, 15) is 10.2 Å². The van der Waals surface area contributed by atoms with Crippen molar-refractivity contribution in [3.05, 3.63) is 87.5 Å². The van der Waals surface area contributed by atoms with Crippen molar-refractivity contribution in [2.24, 2.45) is 0 Å². The monoisotopic (exact) mass is 532 g/mol. The highest BCUT2D eigenvalue weighted by Crippen LogP contribution is 2.42. The van der Waals surface area contributed by atoms with Crippen LogP contribution in [0.3, 0.4) is 0 Å². The van der Waals surface area contributed by atoms with Crippen LogP contribution in [0.25, 0.3) is 0 Å². The van der Waals surface area contributed by atoms with E-state index >= 15 is 0 Å². The fourth-order valence-electron chi connectivity index (χ4n) is 4.66. The van der Waals surface area contributed by atoms with Gasteiger partial charge < -0.3 is 15.3 Å². The number of hydrogen-bond acceptors (Lipinski definition) is 3. The van der Waals surface area contributed by atoms with E-state index in [-0.39, 0.29) is 21.7 Å². The first kappa shape index (κ1) is 32.3. The summed E-state index contributed by atoms with van der Waals surface area (Å²) in [6.07, 6.45) is 0.763. The molecule has 0 spiro atoms. The van der Waals surface area contributed by atoms with Crippen LogP contribution in [0.1, 0.15) is 122 Å². The first-order valence-electron chi connectivity index (χ1n) is 14.0. The van der Waals surface area contributed by atoms with E-state index in [1.165, 1.54) is 16.7 Å². The van der Waals surface area contributed by atoms with Crippen molar-refractivity contribution < 1.29 is 15.3 Å². The van der Waals surface area contributed by atoms with Crippen molar-refractivity contribution >= 4 is 0 Å². The van der Waals surface area contributed by atoms with Gasteiger partial charge in [-0.05, 0) is 80.5 Å². The van der Waals surface area contributed by atoms with Gasteiger partial charge in [-0.3, -0.25) is 0 Å². The zero-order valence-electron chi connectivity index (χ0n) is 26.7. The van der Waals surface area contributed by atoms with Gasteiger partial charge in [0.25, 0.3) is 0 Å². The van der Waals surface area contributed by atoms with Crippen molar-refractivity contribution in [3.8, 4) is 17.2 Å². The lowest BCUT2D eigenvalue weighted by molar-refractivity contribution is 0.422. The number of phenolic OH excluding ortho intramolecular Hbond substituents is 3. The van der Waals surface area contributed by atoms with Crippen LogP contribution < -0.4 is 0 Å². The van der Waals surface area contributed by atoms with Crippen molar-refractivity contribution in [3.63, 3.8) is 0 Å². The molecular formula is C36H52O3. The lowest BCUT2D eigenvalue weighted by atomic mass is 9.76. The van der Waals surface area contributed by atoms with Crippen LogP contribution in [-0.2, 0) is 28.1 Å². The molecule has 0 aliphatic carbocycles. The molecule has 0 amide bonds. The third-order valence-electron chi connectivity index (χ3n) is 7.01. The second-order valence-electron chi connectivity index (χ2n) is 15.1. The number of phenols is 3. The molecule has 3 nitrogen and oxygen atoms in total. The predicted molar refractivity (Wildman–Crippen MR) is 167 cm³/mol. The van der Waals surface area contributed by atoms with Crippen LogP contribution in [-0.4, -0.2) is 15.3 Å². The van der Waals surface area contributed by atoms with Gasteiger partial charge in [-0.25, -0.2) is 0 Å². The fraction of sp³-hybridized carbons (Fsp3) is 0.500. The average Bonchev–Trinajstić information content (AvgIpc) is 2.75. The topological polar surface area (TPSA) is 60.7 Å².